The lowest BCUT2D eigenvalue weighted by atomic mass is 10.00. The minimum atomic E-state index is -0.395. The van der Waals surface area contributed by atoms with Crippen molar-refractivity contribution < 1.29 is 13.9 Å². The van der Waals surface area contributed by atoms with Crippen molar-refractivity contribution in [2.75, 3.05) is 19.8 Å². The number of benzene rings is 2. The number of nitrogens with zero attached hydrogens (tertiary/aromatic N) is 1. The summed E-state index contributed by atoms with van der Waals surface area (Å²) in [4.78, 5) is 15.9. The molecule has 0 saturated heterocycles. The quantitative estimate of drug-likeness (QED) is 0.510. The normalized spacial score (nSPS) is 11.9. The van der Waals surface area contributed by atoms with E-state index in [1.165, 1.54) is 12.1 Å². The van der Waals surface area contributed by atoms with Gasteiger partial charge in [-0.15, -0.1) is 0 Å². The number of rotatable bonds is 8. The third-order valence-electron chi connectivity index (χ3n) is 4.50. The van der Waals surface area contributed by atoms with E-state index in [2.05, 4.69) is 16.4 Å². The second-order valence-electron chi connectivity index (χ2n) is 6.80. The summed E-state index contributed by atoms with van der Waals surface area (Å²) in [7, 11) is 0. The molecule has 29 heavy (non-hydrogen) atoms. The first-order valence-corrected chi connectivity index (χ1v) is 9.46. The number of amides is 1. The average Bonchev–Trinajstić information content (AvgIpc) is 3.11. The summed E-state index contributed by atoms with van der Waals surface area (Å²) in [5.74, 6) is -0.736. The smallest absolute Gasteiger partial charge is 0.268 e. The maximum Gasteiger partial charge on any atom is 0.268 e. The van der Waals surface area contributed by atoms with Crippen molar-refractivity contribution in [2.24, 2.45) is 5.73 Å². The molecule has 1 heterocycles. The fraction of sp³-hybridized carbons (Fsp3) is 0.273. The largest absolute Gasteiger partial charge is 0.380 e. The number of carbonyl (C=O) groups is 1. The van der Waals surface area contributed by atoms with Gasteiger partial charge in [0.1, 0.15) is 11.5 Å². The first-order chi connectivity index (χ1) is 14.0. The lowest BCUT2D eigenvalue weighted by Gasteiger charge is -2.13. The number of nitrogens with one attached hydrogen (secondary N) is 2. The van der Waals surface area contributed by atoms with E-state index in [9.17, 15) is 9.18 Å². The Hall–Kier alpha value is -3.21. The maximum atomic E-state index is 13.9. The molecule has 0 radical (unpaired) electrons. The molecule has 3 aromatic rings. The molecule has 1 aromatic heterocycles. The molecule has 6 nitrogen and oxygen atoms in total. The second kappa shape index (κ2) is 9.32. The minimum absolute atomic E-state index is 0.249. The molecule has 3 rings (SSSR count). The molecule has 0 aliphatic carbocycles. The third-order valence-corrected chi connectivity index (χ3v) is 4.50. The summed E-state index contributed by atoms with van der Waals surface area (Å²) >= 11 is 0. The topological polar surface area (TPSA) is 104 Å². The molecule has 1 amide bonds. The maximum absolute atomic E-state index is 13.9. The van der Waals surface area contributed by atoms with Gasteiger partial charge in [-0.3, -0.25) is 4.79 Å². The highest BCUT2D eigenvalue weighted by Gasteiger charge is 2.20. The van der Waals surface area contributed by atoms with Crippen molar-refractivity contribution in [3.63, 3.8) is 0 Å². The van der Waals surface area contributed by atoms with Crippen LogP contribution in [0.15, 0.2) is 42.5 Å². The molecule has 1 atom stereocenters. The first-order valence-electron chi connectivity index (χ1n) is 9.46. The van der Waals surface area contributed by atoms with Crippen LogP contribution in [0.2, 0.25) is 0 Å². The van der Waals surface area contributed by atoms with Crippen molar-refractivity contribution in [1.82, 2.24) is 10.3 Å². The number of fused-ring (bicyclic) bond motifs is 1. The van der Waals surface area contributed by atoms with Crippen LogP contribution in [0.1, 0.15) is 29.4 Å². The number of hydrogen-bond donors (Lipinski definition) is 3. The van der Waals surface area contributed by atoms with Crippen molar-refractivity contribution in [2.45, 2.75) is 19.4 Å². The molecule has 0 spiro atoms. The molecular weight excluding hydrogens is 371 g/mol. The SMILES string of the molecule is CCCOC[C@H](N)CNC(=O)c1[nH]c2ccc(F)cc2c1-c1ccc(C#N)cc1. The van der Waals surface area contributed by atoms with Crippen LogP contribution in [0.5, 0.6) is 0 Å². The van der Waals surface area contributed by atoms with Gasteiger partial charge in [0.15, 0.2) is 0 Å². The van der Waals surface area contributed by atoms with E-state index < -0.39 is 5.82 Å². The molecule has 4 N–H and O–H groups in total. The monoisotopic (exact) mass is 394 g/mol. The molecule has 2 aromatic carbocycles. The summed E-state index contributed by atoms with van der Waals surface area (Å²) in [6.45, 7) is 3.24. The Morgan fingerprint density at radius 1 is 1.31 bits per heavy atom. The summed E-state index contributed by atoms with van der Waals surface area (Å²) < 4.78 is 19.3. The van der Waals surface area contributed by atoms with Gasteiger partial charge in [0.05, 0.1) is 18.2 Å². The van der Waals surface area contributed by atoms with E-state index in [-0.39, 0.29) is 18.5 Å². The number of nitrogens with two attached hydrogens (primary N) is 1. The number of carbonyl (C=O) groups excluding carboxylic acids is 1. The number of aromatic nitrogens is 1. The van der Waals surface area contributed by atoms with Crippen molar-refractivity contribution in [3.05, 3.63) is 59.5 Å². The fourth-order valence-corrected chi connectivity index (χ4v) is 3.10. The third kappa shape index (κ3) is 4.80. The van der Waals surface area contributed by atoms with Crippen LogP contribution >= 0.6 is 0 Å². The Balaban J connectivity index is 1.90. The highest BCUT2D eigenvalue weighted by atomic mass is 19.1. The van der Waals surface area contributed by atoms with Crippen molar-refractivity contribution in [3.8, 4) is 17.2 Å². The van der Waals surface area contributed by atoms with Gasteiger partial charge in [-0.2, -0.15) is 5.26 Å². The van der Waals surface area contributed by atoms with Crippen LogP contribution in [0.25, 0.3) is 22.0 Å². The fourth-order valence-electron chi connectivity index (χ4n) is 3.10. The van der Waals surface area contributed by atoms with E-state index in [4.69, 9.17) is 15.7 Å². The molecule has 0 bridgehead atoms. The van der Waals surface area contributed by atoms with Crippen molar-refractivity contribution >= 4 is 16.8 Å². The van der Waals surface area contributed by atoms with E-state index in [0.29, 0.717) is 46.5 Å². The number of aromatic amines is 1. The lowest BCUT2D eigenvalue weighted by Crippen LogP contribution is -2.40. The second-order valence-corrected chi connectivity index (χ2v) is 6.80. The predicted molar refractivity (Wildman–Crippen MR) is 110 cm³/mol. The zero-order valence-electron chi connectivity index (χ0n) is 16.2. The molecule has 0 aliphatic heterocycles. The Kier molecular flexibility index (Phi) is 6.60. The van der Waals surface area contributed by atoms with Crippen LogP contribution in [-0.2, 0) is 4.74 Å². The van der Waals surface area contributed by atoms with Gasteiger partial charge in [-0.25, -0.2) is 4.39 Å². The van der Waals surface area contributed by atoms with Gasteiger partial charge in [0, 0.05) is 35.7 Å². The van der Waals surface area contributed by atoms with Gasteiger partial charge in [0.25, 0.3) is 5.91 Å². The Morgan fingerprint density at radius 2 is 2.07 bits per heavy atom. The molecular formula is C22H23FN4O2. The van der Waals surface area contributed by atoms with Crippen LogP contribution in [-0.4, -0.2) is 36.7 Å². The van der Waals surface area contributed by atoms with Crippen LogP contribution in [0.4, 0.5) is 4.39 Å². The molecule has 7 heteroatoms. The van der Waals surface area contributed by atoms with Gasteiger partial charge in [-0.05, 0) is 42.3 Å². The number of H-pyrrole nitrogens is 1. The first kappa shape index (κ1) is 20.5. The summed E-state index contributed by atoms with van der Waals surface area (Å²) in [6, 6.07) is 12.9. The number of hydrogen-bond acceptors (Lipinski definition) is 4. The predicted octanol–water partition coefficient (Wildman–Crippen LogP) is 3.33. The van der Waals surface area contributed by atoms with Gasteiger partial charge in [0.2, 0.25) is 0 Å². The summed E-state index contributed by atoms with van der Waals surface area (Å²) in [5, 5.41) is 12.4. The molecule has 0 aliphatic rings. The molecule has 0 saturated carbocycles. The van der Waals surface area contributed by atoms with Gasteiger partial charge < -0.3 is 20.8 Å². The molecule has 0 unspecified atom stereocenters. The minimum Gasteiger partial charge on any atom is -0.380 e. The van der Waals surface area contributed by atoms with E-state index in [1.54, 1.807) is 30.3 Å². The number of ether oxygens (including phenoxy) is 1. The Labute approximate surface area is 168 Å². The highest BCUT2D eigenvalue weighted by Crippen LogP contribution is 2.33. The summed E-state index contributed by atoms with van der Waals surface area (Å²) in [5.41, 5.74) is 8.74. The van der Waals surface area contributed by atoms with Crippen LogP contribution in [0.3, 0.4) is 0 Å². The Bertz CT molecular complexity index is 1040. The number of halogens is 1. The van der Waals surface area contributed by atoms with E-state index >= 15 is 0 Å². The van der Waals surface area contributed by atoms with Crippen LogP contribution < -0.4 is 11.1 Å². The Morgan fingerprint density at radius 3 is 2.76 bits per heavy atom. The van der Waals surface area contributed by atoms with Gasteiger partial charge in [-0.1, -0.05) is 19.1 Å². The highest BCUT2D eigenvalue weighted by molar-refractivity contribution is 6.09. The zero-order chi connectivity index (χ0) is 20.8. The van der Waals surface area contributed by atoms with Crippen LogP contribution in [0, 0.1) is 17.1 Å². The average molecular weight is 394 g/mol. The van der Waals surface area contributed by atoms with Crippen molar-refractivity contribution in [1.29, 1.82) is 5.26 Å². The zero-order valence-corrected chi connectivity index (χ0v) is 16.2. The molecule has 0 fully saturated rings. The lowest BCUT2D eigenvalue weighted by molar-refractivity contribution is 0.0926. The summed E-state index contributed by atoms with van der Waals surface area (Å²) in [6.07, 6.45) is 0.901. The molecule has 150 valence electrons. The number of nitriles is 1. The van der Waals surface area contributed by atoms with E-state index in [0.717, 1.165) is 6.42 Å². The van der Waals surface area contributed by atoms with E-state index in [1.807, 2.05) is 6.92 Å². The van der Waals surface area contributed by atoms with Gasteiger partial charge >= 0.3 is 0 Å². The standard InChI is InChI=1S/C22H23FN4O2/c1-2-9-29-13-17(25)12-26-22(28)21-20(15-5-3-14(11-24)4-6-15)18-10-16(23)7-8-19(18)27-21/h3-8,10,17,27H,2,9,12-13,25H2,1H3,(H,26,28)/t17-/m1/s1.